The van der Waals surface area contributed by atoms with E-state index in [0.29, 0.717) is 27.9 Å². The van der Waals surface area contributed by atoms with Gasteiger partial charge in [0.15, 0.2) is 16.6 Å². The van der Waals surface area contributed by atoms with Crippen LogP contribution in [-0.4, -0.2) is 16.0 Å². The van der Waals surface area contributed by atoms with Gasteiger partial charge in [0.1, 0.15) is 11.3 Å². The van der Waals surface area contributed by atoms with Crippen LogP contribution in [0.25, 0.3) is 11.5 Å². The molecular weight excluding hydrogens is 266 g/mol. The van der Waals surface area contributed by atoms with E-state index in [0.717, 1.165) is 0 Å². The fourth-order valence-electron chi connectivity index (χ4n) is 1.67. The molecule has 6 nitrogen and oxygen atoms in total. The molecule has 0 aliphatic rings. The molecule has 7 heteroatoms. The highest BCUT2D eigenvalue weighted by atomic mass is 32.1. The van der Waals surface area contributed by atoms with Gasteiger partial charge in [-0.25, -0.2) is 4.98 Å². The van der Waals surface area contributed by atoms with Crippen LogP contribution in [0.1, 0.15) is 16.1 Å². The summed E-state index contributed by atoms with van der Waals surface area (Å²) < 4.78 is 10.3. The van der Waals surface area contributed by atoms with Crippen LogP contribution >= 0.6 is 11.3 Å². The Morgan fingerprint density at radius 1 is 1.47 bits per heavy atom. The Kier molecular flexibility index (Phi) is 2.88. The summed E-state index contributed by atoms with van der Waals surface area (Å²) >= 11 is 1.34. The SMILES string of the molecule is Cc1onc(-c2ccco2)c1C(=O)Nc1nccs1. The lowest BCUT2D eigenvalue weighted by Crippen LogP contribution is -2.13. The number of hydrogen-bond donors (Lipinski definition) is 1. The van der Waals surface area contributed by atoms with Gasteiger partial charge in [0.05, 0.1) is 6.26 Å². The average Bonchev–Trinajstić information content (AvgIpc) is 3.07. The van der Waals surface area contributed by atoms with E-state index in [1.165, 1.54) is 17.6 Å². The average molecular weight is 275 g/mol. The minimum Gasteiger partial charge on any atom is -0.463 e. The van der Waals surface area contributed by atoms with Gasteiger partial charge < -0.3 is 8.94 Å². The number of nitrogens with one attached hydrogen (secondary N) is 1. The molecule has 0 unspecified atom stereocenters. The molecule has 0 aromatic carbocycles. The molecule has 96 valence electrons. The predicted octanol–water partition coefficient (Wildman–Crippen LogP) is 2.95. The fourth-order valence-corrected chi connectivity index (χ4v) is 2.19. The van der Waals surface area contributed by atoms with Crippen LogP contribution in [0.5, 0.6) is 0 Å². The molecule has 0 saturated carbocycles. The van der Waals surface area contributed by atoms with Crippen molar-refractivity contribution in [3.8, 4) is 11.5 Å². The summed E-state index contributed by atoms with van der Waals surface area (Å²) in [5, 5.41) is 8.86. The molecule has 0 bridgehead atoms. The van der Waals surface area contributed by atoms with Crippen molar-refractivity contribution in [2.75, 3.05) is 5.32 Å². The van der Waals surface area contributed by atoms with Crippen LogP contribution in [-0.2, 0) is 0 Å². The van der Waals surface area contributed by atoms with E-state index < -0.39 is 0 Å². The molecule has 3 heterocycles. The van der Waals surface area contributed by atoms with Crippen LogP contribution in [0, 0.1) is 6.92 Å². The van der Waals surface area contributed by atoms with E-state index in [1.54, 1.807) is 30.6 Å². The number of nitrogens with zero attached hydrogens (tertiary/aromatic N) is 2. The number of amides is 1. The normalized spacial score (nSPS) is 10.6. The summed E-state index contributed by atoms with van der Waals surface area (Å²) in [5.74, 6) is 0.599. The molecular formula is C12H9N3O3S. The van der Waals surface area contributed by atoms with Gasteiger partial charge >= 0.3 is 0 Å². The zero-order chi connectivity index (χ0) is 13.2. The second kappa shape index (κ2) is 4.69. The number of thiazole rings is 1. The number of aryl methyl sites for hydroxylation is 1. The quantitative estimate of drug-likeness (QED) is 0.794. The molecule has 0 spiro atoms. The standard InChI is InChI=1S/C12H9N3O3S/c1-7-9(11(16)14-12-13-4-6-19-12)10(15-18-7)8-3-2-5-17-8/h2-6H,1H3,(H,13,14,16). The van der Waals surface area contributed by atoms with Crippen molar-refractivity contribution in [2.45, 2.75) is 6.92 Å². The van der Waals surface area contributed by atoms with E-state index >= 15 is 0 Å². The first-order chi connectivity index (χ1) is 9.25. The Labute approximate surface area is 112 Å². The van der Waals surface area contributed by atoms with Gasteiger partial charge in [-0.1, -0.05) is 5.16 Å². The highest BCUT2D eigenvalue weighted by Crippen LogP contribution is 2.26. The van der Waals surface area contributed by atoms with Crippen molar-refractivity contribution < 1.29 is 13.7 Å². The summed E-state index contributed by atoms with van der Waals surface area (Å²) in [6.07, 6.45) is 3.13. The summed E-state index contributed by atoms with van der Waals surface area (Å²) in [4.78, 5) is 16.2. The summed E-state index contributed by atoms with van der Waals surface area (Å²) in [6, 6.07) is 3.44. The maximum atomic E-state index is 12.2. The Bertz CT molecular complexity index is 686. The lowest BCUT2D eigenvalue weighted by Gasteiger charge is -2.00. The van der Waals surface area contributed by atoms with Crippen molar-refractivity contribution in [3.05, 3.63) is 41.3 Å². The van der Waals surface area contributed by atoms with Crippen molar-refractivity contribution >= 4 is 22.4 Å². The zero-order valence-corrected chi connectivity index (χ0v) is 10.7. The number of anilines is 1. The van der Waals surface area contributed by atoms with Crippen molar-refractivity contribution in [1.29, 1.82) is 0 Å². The van der Waals surface area contributed by atoms with Gasteiger partial charge in [-0.2, -0.15) is 0 Å². The largest absolute Gasteiger partial charge is 0.463 e. The third kappa shape index (κ3) is 2.15. The third-order valence-corrected chi connectivity index (χ3v) is 3.19. The molecule has 19 heavy (non-hydrogen) atoms. The van der Waals surface area contributed by atoms with Gasteiger partial charge in [0.25, 0.3) is 5.91 Å². The second-order valence-corrected chi connectivity index (χ2v) is 4.63. The van der Waals surface area contributed by atoms with E-state index in [2.05, 4.69) is 15.5 Å². The van der Waals surface area contributed by atoms with E-state index in [-0.39, 0.29) is 5.91 Å². The number of carbonyl (C=O) groups excluding carboxylic acids is 1. The Morgan fingerprint density at radius 2 is 2.37 bits per heavy atom. The number of hydrogen-bond acceptors (Lipinski definition) is 6. The van der Waals surface area contributed by atoms with Crippen molar-refractivity contribution in [2.24, 2.45) is 0 Å². The fraction of sp³-hybridized carbons (Fsp3) is 0.0833. The first kappa shape index (κ1) is 11.7. The summed E-state index contributed by atoms with van der Waals surface area (Å²) in [5.41, 5.74) is 0.738. The molecule has 3 aromatic rings. The molecule has 3 rings (SSSR count). The van der Waals surface area contributed by atoms with Crippen LogP contribution in [0.4, 0.5) is 5.13 Å². The summed E-state index contributed by atoms with van der Waals surface area (Å²) in [6.45, 7) is 1.68. The second-order valence-electron chi connectivity index (χ2n) is 3.73. The topological polar surface area (TPSA) is 81.2 Å². The van der Waals surface area contributed by atoms with Gasteiger partial charge in [-0.05, 0) is 19.1 Å². The number of rotatable bonds is 3. The lowest BCUT2D eigenvalue weighted by atomic mass is 10.1. The van der Waals surface area contributed by atoms with Gasteiger partial charge in [0, 0.05) is 11.6 Å². The molecule has 1 N–H and O–H groups in total. The molecule has 0 saturated heterocycles. The van der Waals surface area contributed by atoms with Crippen LogP contribution in [0.3, 0.4) is 0 Å². The van der Waals surface area contributed by atoms with Crippen LogP contribution in [0.2, 0.25) is 0 Å². The highest BCUT2D eigenvalue weighted by molar-refractivity contribution is 7.13. The Morgan fingerprint density at radius 3 is 3.05 bits per heavy atom. The van der Waals surface area contributed by atoms with Gasteiger partial charge in [-0.3, -0.25) is 10.1 Å². The molecule has 0 aliphatic heterocycles. The van der Waals surface area contributed by atoms with Crippen molar-refractivity contribution in [3.63, 3.8) is 0 Å². The maximum Gasteiger partial charge on any atom is 0.263 e. The summed E-state index contributed by atoms with van der Waals surface area (Å²) in [7, 11) is 0. The van der Waals surface area contributed by atoms with E-state index in [9.17, 15) is 4.79 Å². The third-order valence-electron chi connectivity index (χ3n) is 2.50. The zero-order valence-electron chi connectivity index (χ0n) is 9.91. The Balaban J connectivity index is 1.96. The van der Waals surface area contributed by atoms with Crippen molar-refractivity contribution in [1.82, 2.24) is 10.1 Å². The number of carbonyl (C=O) groups is 1. The molecule has 0 atom stereocenters. The highest BCUT2D eigenvalue weighted by Gasteiger charge is 2.23. The monoisotopic (exact) mass is 275 g/mol. The minimum atomic E-state index is -0.319. The molecule has 3 aromatic heterocycles. The lowest BCUT2D eigenvalue weighted by molar-refractivity contribution is 0.102. The minimum absolute atomic E-state index is 0.319. The van der Waals surface area contributed by atoms with Crippen LogP contribution < -0.4 is 5.32 Å². The van der Waals surface area contributed by atoms with E-state index in [4.69, 9.17) is 8.94 Å². The molecule has 0 radical (unpaired) electrons. The van der Waals surface area contributed by atoms with E-state index in [1.807, 2.05) is 0 Å². The Hall–Kier alpha value is -2.41. The predicted molar refractivity (Wildman–Crippen MR) is 69.0 cm³/mol. The van der Waals surface area contributed by atoms with Gasteiger partial charge in [0.2, 0.25) is 0 Å². The molecule has 0 aliphatic carbocycles. The molecule has 1 amide bonds. The maximum absolute atomic E-state index is 12.2. The smallest absolute Gasteiger partial charge is 0.263 e. The van der Waals surface area contributed by atoms with Crippen LogP contribution in [0.15, 0.2) is 38.9 Å². The first-order valence-electron chi connectivity index (χ1n) is 5.46. The van der Waals surface area contributed by atoms with Gasteiger partial charge in [-0.15, -0.1) is 11.3 Å². The number of aromatic nitrogens is 2. The molecule has 0 fully saturated rings. The first-order valence-corrected chi connectivity index (χ1v) is 6.34. The number of furan rings is 1.